The smallest absolute Gasteiger partial charge is 0.446 e. The second-order valence-electron chi connectivity index (χ2n) is 26.7. The Balaban J connectivity index is 0.00000155. The molecule has 14 N–H and O–H groups in total. The van der Waals surface area contributed by atoms with Gasteiger partial charge in [-0.1, -0.05) is 36.4 Å². The van der Waals surface area contributed by atoms with E-state index in [1.165, 1.54) is 16.3 Å². The second-order valence-corrected chi connectivity index (χ2v) is 30.6. The van der Waals surface area contributed by atoms with Gasteiger partial charge in [-0.05, 0) is 153 Å². The number of nitrogens with zero attached hydrogens (tertiary/aromatic N) is 1. The number of rotatable bonds is 59. The summed E-state index contributed by atoms with van der Waals surface area (Å²) >= 11 is 12.0. The fourth-order valence-electron chi connectivity index (χ4n) is 9.21. The number of hydrogen-bond acceptors (Lipinski definition) is 38. The topological polar surface area (TPSA) is 540 Å². The fourth-order valence-corrected chi connectivity index (χ4v) is 10.5. The summed E-state index contributed by atoms with van der Waals surface area (Å²) in [6.45, 7) is 19.0. The maximum Gasteiger partial charge on any atom is 0.446 e. The zero-order chi connectivity index (χ0) is 93.9. The molecule has 3 aliphatic rings. The second kappa shape index (κ2) is 81.0. The molecular weight excluding hydrogens is 2060 g/mol. The van der Waals surface area contributed by atoms with Crippen molar-refractivity contribution in [3.8, 4) is 0 Å². The zero-order valence-electron chi connectivity index (χ0n) is 70.9. The fraction of sp³-hybridized carbons (Fsp3) is 0.709. The predicted octanol–water partition coefficient (Wildman–Crippen LogP) is 0.679. The molecule has 0 bridgehead atoms. The minimum absolute atomic E-state index is 0.0413. The Morgan fingerprint density at radius 2 is 0.667 bits per heavy atom. The summed E-state index contributed by atoms with van der Waals surface area (Å²) in [5.74, 6) is -1.99. The minimum atomic E-state index is -4.64. The summed E-state index contributed by atoms with van der Waals surface area (Å²) in [6.07, 6.45) is -16.0. The number of halogens is 7. The highest BCUT2D eigenvalue weighted by atomic mass is 127. The van der Waals surface area contributed by atoms with Crippen LogP contribution in [0.3, 0.4) is 0 Å². The van der Waals surface area contributed by atoms with Crippen molar-refractivity contribution >= 4 is 110 Å². The van der Waals surface area contributed by atoms with Gasteiger partial charge in [0.2, 0.25) is 12.2 Å². The first-order valence-corrected chi connectivity index (χ1v) is 43.5. The summed E-state index contributed by atoms with van der Waals surface area (Å²) in [6, 6.07) is 22.4. The molecule has 0 saturated carbocycles. The number of esters is 1. The molecule has 3 amide bonds. The van der Waals surface area contributed by atoms with Gasteiger partial charge in [0.25, 0.3) is 11.8 Å². The van der Waals surface area contributed by atoms with Crippen LogP contribution in [0.5, 0.6) is 0 Å². The molecule has 40 nitrogen and oxygen atoms in total. The van der Waals surface area contributed by atoms with Crippen LogP contribution < -0.4 is 10.2 Å². The molecule has 0 aromatic heterocycles. The van der Waals surface area contributed by atoms with Gasteiger partial charge in [-0.25, -0.2) is 9.63 Å². The summed E-state index contributed by atoms with van der Waals surface area (Å²) in [5.41, 5.74) is 2.96. The Labute approximate surface area is 777 Å². The van der Waals surface area contributed by atoms with Crippen LogP contribution in [-0.4, -0.2) is 407 Å². The Hall–Kier alpha value is -3.60. The Bertz CT molecular complexity index is 3070. The van der Waals surface area contributed by atoms with E-state index in [1.807, 2.05) is 45.0 Å². The van der Waals surface area contributed by atoms with E-state index in [-0.39, 0.29) is 70.1 Å². The van der Waals surface area contributed by atoms with E-state index < -0.39 is 110 Å². The van der Waals surface area contributed by atoms with Crippen molar-refractivity contribution in [1.82, 2.24) is 15.2 Å². The van der Waals surface area contributed by atoms with E-state index in [0.29, 0.717) is 198 Å². The standard InChI is InChI=1S/C23H36INO11.C21H33IO7.C15H23IO5.C8H18O5.C6H12ClNO5.C4H5NO3.C2HF3O/c24-17-3-1-16(2-4-17)14-34-11-9-32-7-5-31-6-8-33-10-12-35-15-19(27)25-20-22(29)21(28)18(13-26)36-23(20)30;1-21(2,3)29-20(23)17-28-15-13-26-11-9-24-8-10-25-12-14-27-16-18-4-6-19(22)7-5-18;16-15-3-1-14(2-4-15)13-21-12-11-20-10-9-19-8-7-18-6-5-17;9-1-3-11-5-7-13-8-6-12-4-2-10;7-8-3-5(11)4(10)2(1-9)13-6(3)12;6-3-1-2-4(7)5(3)8;3-2(4,5)1-6/h1-4,18,20-23,26,28-30H,5-15H2,(H,25,27);4-7H,8-17H2,1-3H3;1-4,17H,5-13H2;9-10H,1-8H2;2-6,8-12H,1H2;8H,1-2H2;1H/t18-,20?,21-,22-,23?;;;;2-,3-,4-,5-,6?;;/m1...1../s1. The summed E-state index contributed by atoms with van der Waals surface area (Å²) in [7, 11) is 0. The van der Waals surface area contributed by atoms with Crippen LogP contribution in [0.4, 0.5) is 13.2 Å². The average molecular weight is 2190 g/mol. The van der Waals surface area contributed by atoms with Gasteiger partial charge in [-0.3, -0.25) is 24.4 Å². The van der Waals surface area contributed by atoms with Crippen LogP contribution >= 0.6 is 79.5 Å². The largest absolute Gasteiger partial charge is 0.458 e. The lowest BCUT2D eigenvalue weighted by Crippen LogP contribution is -2.64. The van der Waals surface area contributed by atoms with E-state index in [2.05, 4.69) is 126 Å². The van der Waals surface area contributed by atoms with E-state index >= 15 is 0 Å². The lowest BCUT2D eigenvalue weighted by atomic mass is 9.97. The summed E-state index contributed by atoms with van der Waals surface area (Å²) in [5, 5.41) is 111. The molecule has 10 atom stereocenters. The van der Waals surface area contributed by atoms with Crippen LogP contribution in [-0.2, 0) is 139 Å². The number of aliphatic hydroxyl groups is 11. The van der Waals surface area contributed by atoms with Gasteiger partial charge in [0.15, 0.2) is 12.6 Å². The van der Waals surface area contributed by atoms with Crippen molar-refractivity contribution in [2.24, 2.45) is 0 Å². The molecule has 3 saturated heterocycles. The lowest BCUT2D eigenvalue weighted by Gasteiger charge is -2.40. The molecule has 730 valence electrons. The molecular formula is C79H128ClF3I3N3O37. The third-order valence-corrected chi connectivity index (χ3v) is 17.8. The molecule has 3 unspecified atom stereocenters. The first-order chi connectivity index (χ1) is 60.4. The number of hydrogen-bond donors (Lipinski definition) is 14. The van der Waals surface area contributed by atoms with Gasteiger partial charge in [0.1, 0.15) is 67.5 Å². The lowest BCUT2D eigenvalue weighted by molar-refractivity contribution is -0.254. The van der Waals surface area contributed by atoms with Gasteiger partial charge in [0.05, 0.1) is 244 Å². The van der Waals surface area contributed by atoms with Crippen molar-refractivity contribution in [2.45, 2.75) is 126 Å². The number of carbonyl (C=O) groups is 5. The maximum atomic E-state index is 11.9. The van der Waals surface area contributed by atoms with Gasteiger partial charge in [-0.15, -0.1) is 0 Å². The SMILES string of the molecule is CC(C)(C)OC(=O)COCCOCCOCCOCCOCc1ccc(I)cc1.O=C(COCCOCCOCCOCCOCc1ccc(I)cc1)NC1C(O)O[C@H](CO)[C@@H](O)[C@@H]1O.O=C1CCC(=O)N1O.O=CC(F)(F)F.OCCOCCOCCOCCO.OCCOCCOCCOCCOCc1ccc(I)cc1.OC[C@H]1OC(O)[C@H](NCl)[C@@H](O)[C@@H]1O. The minimum Gasteiger partial charge on any atom is -0.458 e. The highest BCUT2D eigenvalue weighted by Gasteiger charge is 2.45. The molecule has 6 rings (SSSR count). The summed E-state index contributed by atoms with van der Waals surface area (Å²) in [4.78, 5) is 54.6. The Morgan fingerprint density at radius 3 is 0.905 bits per heavy atom. The first kappa shape index (κ1) is 122. The highest BCUT2D eigenvalue weighted by Crippen LogP contribution is 2.22. The van der Waals surface area contributed by atoms with E-state index in [0.717, 1.165) is 11.1 Å². The molecule has 3 fully saturated rings. The monoisotopic (exact) mass is 2180 g/mol. The van der Waals surface area contributed by atoms with Crippen LogP contribution in [0, 0.1) is 10.7 Å². The van der Waals surface area contributed by atoms with Crippen LogP contribution in [0.1, 0.15) is 50.3 Å². The Kier molecular flexibility index (Phi) is 78.7. The number of aldehydes is 1. The molecule has 0 spiro atoms. The molecule has 3 aromatic carbocycles. The summed E-state index contributed by atoms with van der Waals surface area (Å²) < 4.78 is 140. The number of carbonyl (C=O) groups excluding carboxylic acids is 5. The number of ether oxygens (including phenoxy) is 20. The number of nitrogens with one attached hydrogen (secondary N) is 2. The molecule has 3 aromatic rings. The van der Waals surface area contributed by atoms with Gasteiger partial charge in [0, 0.05) is 23.6 Å². The third-order valence-electron chi connectivity index (χ3n) is 15.4. The number of amides is 3. The van der Waals surface area contributed by atoms with Crippen molar-refractivity contribution in [2.75, 3.05) is 238 Å². The number of alkyl halides is 3. The van der Waals surface area contributed by atoms with E-state index in [4.69, 9.17) is 142 Å². The Morgan fingerprint density at radius 1 is 0.421 bits per heavy atom. The number of hydroxylamine groups is 2. The molecule has 0 radical (unpaired) electrons. The van der Waals surface area contributed by atoms with Crippen molar-refractivity contribution < 1.29 is 193 Å². The number of aliphatic hydroxyl groups excluding tert-OH is 11. The molecule has 3 heterocycles. The van der Waals surface area contributed by atoms with Crippen LogP contribution in [0.25, 0.3) is 0 Å². The van der Waals surface area contributed by atoms with Crippen molar-refractivity contribution in [1.29, 1.82) is 0 Å². The van der Waals surface area contributed by atoms with Crippen molar-refractivity contribution in [3.63, 3.8) is 0 Å². The number of benzene rings is 3. The van der Waals surface area contributed by atoms with E-state index in [9.17, 15) is 63.0 Å². The van der Waals surface area contributed by atoms with Crippen molar-refractivity contribution in [3.05, 3.63) is 100 Å². The predicted molar refractivity (Wildman–Crippen MR) is 465 cm³/mol. The van der Waals surface area contributed by atoms with Gasteiger partial charge >= 0.3 is 12.1 Å². The van der Waals surface area contributed by atoms with Crippen LogP contribution in [0.15, 0.2) is 72.8 Å². The normalized spacial score (nSPS) is 19.1. The van der Waals surface area contributed by atoms with Gasteiger partial charge < -0.3 is 156 Å². The molecule has 3 aliphatic heterocycles. The van der Waals surface area contributed by atoms with E-state index in [1.54, 1.807) is 0 Å². The number of imide groups is 1. The van der Waals surface area contributed by atoms with Crippen LogP contribution in [0.2, 0.25) is 0 Å². The zero-order valence-corrected chi connectivity index (χ0v) is 78.2. The average Bonchev–Trinajstić information content (AvgIpc) is 1.05. The molecule has 0 aliphatic carbocycles. The quantitative estimate of drug-likeness (QED) is 0.00703. The maximum absolute atomic E-state index is 11.9. The first-order valence-electron chi connectivity index (χ1n) is 39.9. The molecule has 126 heavy (non-hydrogen) atoms. The molecule has 47 heteroatoms. The third kappa shape index (κ3) is 69.3. The highest BCUT2D eigenvalue weighted by molar-refractivity contribution is 14.1. The van der Waals surface area contributed by atoms with Gasteiger partial charge in [-0.2, -0.15) is 18.2 Å².